The fraction of sp³-hybridized carbons (Fsp3) is 0.846. The van der Waals surface area contributed by atoms with Gasteiger partial charge in [0.1, 0.15) is 11.6 Å². The van der Waals surface area contributed by atoms with Crippen molar-refractivity contribution < 1.29 is 19.4 Å². The van der Waals surface area contributed by atoms with Crippen LogP contribution in [0.25, 0.3) is 0 Å². The molecule has 1 amide bonds. The highest BCUT2D eigenvalue weighted by atomic mass is 16.6. The van der Waals surface area contributed by atoms with Crippen LogP contribution in [0.5, 0.6) is 0 Å². The van der Waals surface area contributed by atoms with E-state index in [9.17, 15) is 9.59 Å². The van der Waals surface area contributed by atoms with E-state index >= 15 is 0 Å². The van der Waals surface area contributed by atoms with E-state index in [0.29, 0.717) is 12.8 Å². The Hall–Kier alpha value is -1.34. The van der Waals surface area contributed by atoms with Crippen LogP contribution >= 0.6 is 0 Å². The first-order valence-electron chi connectivity index (χ1n) is 6.75. The first-order chi connectivity index (χ1) is 9.11. The number of carboxylic acid groups (broad SMARTS) is 1. The summed E-state index contributed by atoms with van der Waals surface area (Å²) in [6, 6.07) is -0.913. The van der Waals surface area contributed by atoms with Crippen molar-refractivity contribution in [3.05, 3.63) is 0 Å². The lowest BCUT2D eigenvalue weighted by molar-refractivity contribution is -0.139. The van der Waals surface area contributed by atoms with Crippen molar-refractivity contribution in [2.75, 3.05) is 20.6 Å². The lowest BCUT2D eigenvalue weighted by atomic mass is 10.1. The number of unbranched alkanes of at least 4 members (excludes halogenated alkanes) is 1. The molecule has 0 unspecified atom stereocenters. The van der Waals surface area contributed by atoms with E-state index < -0.39 is 23.7 Å². The largest absolute Gasteiger partial charge is 0.480 e. The highest BCUT2D eigenvalue weighted by Gasteiger charge is 2.23. The summed E-state index contributed by atoms with van der Waals surface area (Å²) in [5.74, 6) is -1.04. The van der Waals surface area contributed by atoms with Gasteiger partial charge >= 0.3 is 12.1 Å². The minimum Gasteiger partial charge on any atom is -0.480 e. The van der Waals surface area contributed by atoms with E-state index in [0.717, 1.165) is 13.0 Å². The quantitative estimate of drug-likeness (QED) is 0.459. The van der Waals surface area contributed by atoms with Crippen LogP contribution in [0.3, 0.4) is 0 Å². The monoisotopic (exact) mass is 289 g/mol. The average molecular weight is 289 g/mol. The number of carbonyl (C=O) groups excluding carboxylic acids is 1. The fourth-order valence-corrected chi connectivity index (χ4v) is 1.48. The van der Waals surface area contributed by atoms with Gasteiger partial charge in [0, 0.05) is 20.6 Å². The van der Waals surface area contributed by atoms with Crippen LogP contribution < -0.4 is 10.7 Å². The molecule has 0 radical (unpaired) electrons. The molecule has 0 aliphatic carbocycles. The van der Waals surface area contributed by atoms with Crippen molar-refractivity contribution in [1.82, 2.24) is 15.8 Å². The number of nitrogens with one attached hydrogen (secondary N) is 2. The van der Waals surface area contributed by atoms with Crippen molar-refractivity contribution in [3.8, 4) is 0 Å². The first-order valence-corrected chi connectivity index (χ1v) is 6.75. The van der Waals surface area contributed by atoms with Gasteiger partial charge in [0.05, 0.1) is 0 Å². The van der Waals surface area contributed by atoms with Crippen LogP contribution in [0.4, 0.5) is 4.79 Å². The van der Waals surface area contributed by atoms with E-state index in [1.807, 2.05) is 19.1 Å². The van der Waals surface area contributed by atoms with Crippen LogP contribution in [0.2, 0.25) is 0 Å². The number of alkyl carbamates (subject to hydrolysis) is 1. The van der Waals surface area contributed by atoms with Crippen LogP contribution in [0.1, 0.15) is 40.0 Å². The van der Waals surface area contributed by atoms with Gasteiger partial charge in [0.15, 0.2) is 0 Å². The Balaban J connectivity index is 4.05. The molecule has 0 saturated heterocycles. The maximum atomic E-state index is 11.5. The number of carbonyl (C=O) groups is 2. The number of amides is 1. The molecule has 0 aromatic rings. The summed E-state index contributed by atoms with van der Waals surface area (Å²) in [4.78, 5) is 22.6. The third-order valence-corrected chi connectivity index (χ3v) is 2.34. The average Bonchev–Trinajstić information content (AvgIpc) is 2.23. The molecule has 7 heteroatoms. The lowest BCUT2D eigenvalue weighted by Crippen LogP contribution is -2.43. The van der Waals surface area contributed by atoms with Crippen LogP contribution in [0.15, 0.2) is 0 Å². The van der Waals surface area contributed by atoms with Crippen LogP contribution in [0, 0.1) is 0 Å². The van der Waals surface area contributed by atoms with Gasteiger partial charge in [-0.15, -0.1) is 0 Å². The summed E-state index contributed by atoms with van der Waals surface area (Å²) in [6.45, 7) is 5.96. The second kappa shape index (κ2) is 8.76. The number of carboxylic acids is 1. The Morgan fingerprint density at radius 3 is 2.30 bits per heavy atom. The highest BCUT2D eigenvalue weighted by Crippen LogP contribution is 2.08. The maximum absolute atomic E-state index is 11.5. The zero-order valence-corrected chi connectivity index (χ0v) is 13.0. The Bertz CT molecular complexity index is 313. The minimum absolute atomic E-state index is 0.379. The summed E-state index contributed by atoms with van der Waals surface area (Å²) >= 11 is 0. The molecule has 20 heavy (non-hydrogen) atoms. The molecule has 0 aromatic heterocycles. The number of hydrazine groups is 1. The van der Waals surface area contributed by atoms with Gasteiger partial charge in [-0.3, -0.25) is 10.4 Å². The summed E-state index contributed by atoms with van der Waals surface area (Å²) in [5, 5.41) is 13.3. The minimum atomic E-state index is -1.04. The molecule has 7 nitrogen and oxygen atoms in total. The van der Waals surface area contributed by atoms with Crippen molar-refractivity contribution in [3.63, 3.8) is 0 Å². The Labute approximate surface area is 120 Å². The van der Waals surface area contributed by atoms with Gasteiger partial charge in [0.2, 0.25) is 0 Å². The van der Waals surface area contributed by atoms with Gasteiger partial charge < -0.3 is 15.2 Å². The van der Waals surface area contributed by atoms with E-state index in [2.05, 4.69) is 10.7 Å². The molecule has 0 bridgehead atoms. The molecular formula is C13H27N3O4. The summed E-state index contributed by atoms with van der Waals surface area (Å²) < 4.78 is 5.04. The fourth-order valence-electron chi connectivity index (χ4n) is 1.48. The highest BCUT2D eigenvalue weighted by molar-refractivity contribution is 5.79. The number of nitrogens with zero attached hydrogens (tertiary/aromatic N) is 1. The molecule has 0 rings (SSSR count). The SMILES string of the molecule is CN(C)NCCCC[C@H](NC(=O)OC(C)(C)C)C(=O)O. The number of aliphatic carboxylic acids is 1. The standard InChI is InChI=1S/C13H27N3O4/c1-13(2,3)20-12(19)15-10(11(17)18)8-6-7-9-14-16(4)5/h10,14H,6-9H2,1-5H3,(H,15,19)(H,17,18)/t10-/m0/s1. The second-order valence-corrected chi connectivity index (χ2v) is 5.84. The number of hydrogen-bond acceptors (Lipinski definition) is 5. The molecule has 0 fully saturated rings. The van der Waals surface area contributed by atoms with Gasteiger partial charge in [-0.05, 0) is 40.0 Å². The maximum Gasteiger partial charge on any atom is 0.408 e. The van der Waals surface area contributed by atoms with E-state index in [4.69, 9.17) is 9.84 Å². The Morgan fingerprint density at radius 1 is 1.25 bits per heavy atom. The van der Waals surface area contributed by atoms with Gasteiger partial charge in [0.25, 0.3) is 0 Å². The van der Waals surface area contributed by atoms with Gasteiger partial charge in [-0.25, -0.2) is 9.59 Å². The zero-order chi connectivity index (χ0) is 15.8. The van der Waals surface area contributed by atoms with Crippen molar-refractivity contribution in [2.24, 2.45) is 0 Å². The van der Waals surface area contributed by atoms with E-state index in [-0.39, 0.29) is 0 Å². The predicted octanol–water partition coefficient (Wildman–Crippen LogP) is 1.20. The topological polar surface area (TPSA) is 90.9 Å². The molecule has 0 aliphatic heterocycles. The molecular weight excluding hydrogens is 262 g/mol. The third kappa shape index (κ3) is 10.6. The molecule has 1 atom stereocenters. The van der Waals surface area contributed by atoms with Crippen molar-refractivity contribution in [1.29, 1.82) is 0 Å². The summed E-state index contributed by atoms with van der Waals surface area (Å²) in [6.07, 6.45) is 1.21. The molecule has 3 N–H and O–H groups in total. The molecule has 0 aromatic carbocycles. The predicted molar refractivity (Wildman–Crippen MR) is 76.3 cm³/mol. The molecule has 0 spiro atoms. The van der Waals surface area contributed by atoms with E-state index in [1.165, 1.54) is 0 Å². The number of ether oxygens (including phenoxy) is 1. The van der Waals surface area contributed by atoms with Crippen molar-refractivity contribution in [2.45, 2.75) is 51.7 Å². The second-order valence-electron chi connectivity index (χ2n) is 5.84. The Morgan fingerprint density at radius 2 is 1.85 bits per heavy atom. The first kappa shape index (κ1) is 18.7. The van der Waals surface area contributed by atoms with Gasteiger partial charge in [-0.2, -0.15) is 0 Å². The molecule has 0 saturated carbocycles. The number of hydrogen-bond donors (Lipinski definition) is 3. The normalized spacial score (nSPS) is 13.1. The zero-order valence-electron chi connectivity index (χ0n) is 13.0. The molecule has 0 aliphatic rings. The summed E-state index contributed by atoms with van der Waals surface area (Å²) in [7, 11) is 3.79. The smallest absolute Gasteiger partial charge is 0.408 e. The lowest BCUT2D eigenvalue weighted by Gasteiger charge is -2.22. The molecule has 0 heterocycles. The van der Waals surface area contributed by atoms with E-state index in [1.54, 1.807) is 20.8 Å². The Kier molecular flexibility index (Phi) is 8.17. The van der Waals surface area contributed by atoms with Crippen LogP contribution in [-0.4, -0.2) is 54.5 Å². The van der Waals surface area contributed by atoms with Crippen LogP contribution in [-0.2, 0) is 9.53 Å². The number of rotatable bonds is 8. The van der Waals surface area contributed by atoms with Crippen molar-refractivity contribution >= 4 is 12.1 Å². The summed E-state index contributed by atoms with van der Waals surface area (Å²) in [5.41, 5.74) is 2.46. The molecule has 118 valence electrons. The third-order valence-electron chi connectivity index (χ3n) is 2.34. The van der Waals surface area contributed by atoms with Gasteiger partial charge in [-0.1, -0.05) is 0 Å².